The average molecular weight is 634 g/mol. The van der Waals surface area contributed by atoms with Crippen LogP contribution in [0, 0.1) is 23.2 Å². The number of aliphatic hydroxyl groups is 1. The zero-order valence-corrected chi connectivity index (χ0v) is 26.3. The van der Waals surface area contributed by atoms with E-state index >= 15 is 0 Å². The molecule has 0 aliphatic heterocycles. The normalized spacial score (nSPS) is 29.8. The van der Waals surface area contributed by atoms with Crippen LogP contribution in [0.25, 0.3) is 0 Å². The molecule has 4 rings (SSSR count). The molecule has 43 heavy (non-hydrogen) atoms. The summed E-state index contributed by atoms with van der Waals surface area (Å²) in [6, 6.07) is 5.86. The smallest absolute Gasteiger partial charge is 0.453 e. The highest BCUT2D eigenvalue weighted by atomic mass is 32.2. The number of hydrogen-bond donors (Lipinski definition) is 2. The number of phenols is 1. The standard InChI is InChI=1S/C33H48F5NO3S/c1-22-29(41)21-28-30-23(19-24-20-25(40)10-11-26(24)27(30)12-14-31(22,28)2)9-5-4-6-15-39(3)16-8-18-43(42)17-7-13-32(34,35)33(36,37)38/h10-11,20,23,27-30,40-41H,1,4-9,12-19,21H2,2-3H3/t23-,27-,28+,29-,30-,31-,43?/m1/s1. The molecule has 0 spiro atoms. The first-order valence-electron chi connectivity index (χ1n) is 15.8. The first kappa shape index (κ1) is 34.4. The summed E-state index contributed by atoms with van der Waals surface area (Å²) in [4.78, 5) is 2.16. The highest BCUT2D eigenvalue weighted by Crippen LogP contribution is 2.64. The van der Waals surface area contributed by atoms with Crippen molar-refractivity contribution in [2.24, 2.45) is 23.2 Å². The van der Waals surface area contributed by atoms with Crippen molar-refractivity contribution in [3.05, 3.63) is 41.5 Å². The largest absolute Gasteiger partial charge is 0.508 e. The number of phenolic OH excluding ortho intramolecular Hbond substituents is 1. The minimum absolute atomic E-state index is 0.0201. The molecule has 4 nitrogen and oxygen atoms in total. The Balaban J connectivity index is 1.20. The van der Waals surface area contributed by atoms with Crippen molar-refractivity contribution in [3.63, 3.8) is 0 Å². The molecule has 0 heterocycles. The van der Waals surface area contributed by atoms with E-state index in [1.165, 1.54) is 11.1 Å². The minimum Gasteiger partial charge on any atom is -0.508 e. The molecule has 3 aliphatic carbocycles. The molecule has 0 radical (unpaired) electrons. The molecule has 10 heteroatoms. The molecule has 7 atom stereocenters. The Labute approximate surface area is 255 Å². The summed E-state index contributed by atoms with van der Waals surface area (Å²) in [7, 11) is 0.585. The molecule has 3 aliphatic rings. The summed E-state index contributed by atoms with van der Waals surface area (Å²) < 4.78 is 74.9. The molecule has 0 amide bonds. The van der Waals surface area contributed by atoms with Crippen LogP contribution >= 0.6 is 0 Å². The van der Waals surface area contributed by atoms with Crippen LogP contribution in [0.2, 0.25) is 0 Å². The zero-order valence-electron chi connectivity index (χ0n) is 25.5. The Morgan fingerprint density at radius 2 is 1.77 bits per heavy atom. The van der Waals surface area contributed by atoms with Crippen molar-refractivity contribution >= 4 is 10.8 Å². The lowest BCUT2D eigenvalue weighted by atomic mass is 9.52. The zero-order chi connectivity index (χ0) is 31.6. The predicted octanol–water partition coefficient (Wildman–Crippen LogP) is 7.61. The van der Waals surface area contributed by atoms with Crippen LogP contribution in [0.15, 0.2) is 30.4 Å². The fourth-order valence-corrected chi connectivity index (χ4v) is 9.37. The van der Waals surface area contributed by atoms with Gasteiger partial charge in [0.1, 0.15) is 5.75 Å². The molecule has 2 N–H and O–H groups in total. The maximum atomic E-state index is 13.0. The Bertz CT molecular complexity index is 1140. The van der Waals surface area contributed by atoms with Gasteiger partial charge in [0, 0.05) is 28.7 Å². The summed E-state index contributed by atoms with van der Waals surface area (Å²) in [5.74, 6) is -2.41. The maximum absolute atomic E-state index is 13.0. The third-order valence-corrected chi connectivity index (χ3v) is 12.2. The lowest BCUT2D eigenvalue weighted by Crippen LogP contribution is -2.44. The molecule has 1 aromatic carbocycles. The molecule has 1 aromatic rings. The molecule has 244 valence electrons. The number of rotatable bonds is 14. The first-order chi connectivity index (χ1) is 20.1. The van der Waals surface area contributed by atoms with Crippen LogP contribution in [-0.2, 0) is 17.2 Å². The van der Waals surface area contributed by atoms with E-state index in [1.54, 1.807) is 6.07 Å². The van der Waals surface area contributed by atoms with E-state index in [-0.39, 0.29) is 11.2 Å². The van der Waals surface area contributed by atoms with Crippen LogP contribution in [0.5, 0.6) is 5.75 Å². The summed E-state index contributed by atoms with van der Waals surface area (Å²) in [5, 5.41) is 21.0. The SMILES string of the molecule is C=C1[C@H](O)C[C@H]2[C@@H]3[C@H](CCCCCN(C)CCCS(=O)CCCC(F)(F)C(F)(F)F)Cc4cc(O)ccc4[C@H]3CC[C@]12C. The van der Waals surface area contributed by atoms with Gasteiger partial charge in [-0.3, -0.25) is 4.21 Å². The van der Waals surface area contributed by atoms with E-state index in [9.17, 15) is 36.4 Å². The second kappa shape index (κ2) is 13.9. The third kappa shape index (κ3) is 7.83. The molecular weight excluding hydrogens is 585 g/mol. The Morgan fingerprint density at radius 3 is 2.49 bits per heavy atom. The maximum Gasteiger partial charge on any atom is 0.453 e. The number of aliphatic hydroxyl groups excluding tert-OH is 1. The van der Waals surface area contributed by atoms with E-state index < -0.39 is 41.8 Å². The molecule has 0 saturated heterocycles. The third-order valence-electron chi connectivity index (χ3n) is 10.7. The molecule has 0 aromatic heterocycles. The van der Waals surface area contributed by atoms with Crippen molar-refractivity contribution in [2.45, 2.75) is 102 Å². The van der Waals surface area contributed by atoms with Crippen LogP contribution in [0.1, 0.15) is 88.2 Å². The number of nitrogens with zero attached hydrogens (tertiary/aromatic N) is 1. The van der Waals surface area contributed by atoms with E-state index in [4.69, 9.17) is 0 Å². The summed E-state index contributed by atoms with van der Waals surface area (Å²) in [6.45, 7) is 8.18. The monoisotopic (exact) mass is 633 g/mol. The van der Waals surface area contributed by atoms with Gasteiger partial charge in [-0.05, 0) is 129 Å². The lowest BCUT2D eigenvalue weighted by molar-refractivity contribution is -0.284. The van der Waals surface area contributed by atoms with Crippen molar-refractivity contribution < 1.29 is 36.4 Å². The topological polar surface area (TPSA) is 60.8 Å². The number of unbranched alkanes of at least 4 members (excludes halogenated alkanes) is 2. The Morgan fingerprint density at radius 1 is 1.07 bits per heavy atom. The average Bonchev–Trinajstić information content (AvgIpc) is 3.15. The molecule has 0 bridgehead atoms. The van der Waals surface area contributed by atoms with Crippen LogP contribution < -0.4 is 0 Å². The van der Waals surface area contributed by atoms with E-state index in [0.717, 1.165) is 63.5 Å². The number of benzene rings is 1. The quantitative estimate of drug-likeness (QED) is 0.126. The van der Waals surface area contributed by atoms with Crippen molar-refractivity contribution in [2.75, 3.05) is 31.6 Å². The van der Waals surface area contributed by atoms with Gasteiger partial charge in [0.05, 0.1) is 6.10 Å². The number of hydrogen-bond acceptors (Lipinski definition) is 4. The van der Waals surface area contributed by atoms with Crippen molar-refractivity contribution in [3.8, 4) is 5.75 Å². The van der Waals surface area contributed by atoms with Gasteiger partial charge in [0.15, 0.2) is 0 Å². The number of fused-ring (bicyclic) bond motifs is 5. The van der Waals surface area contributed by atoms with Gasteiger partial charge in [-0.2, -0.15) is 22.0 Å². The predicted molar refractivity (Wildman–Crippen MR) is 161 cm³/mol. The fourth-order valence-electron chi connectivity index (χ4n) is 8.25. The Hall–Kier alpha value is -1.52. The van der Waals surface area contributed by atoms with Crippen LogP contribution in [0.4, 0.5) is 22.0 Å². The minimum atomic E-state index is -5.56. The van der Waals surface area contributed by atoms with Gasteiger partial charge in [0.25, 0.3) is 0 Å². The van der Waals surface area contributed by atoms with E-state index in [2.05, 4.69) is 24.5 Å². The second-order valence-corrected chi connectivity index (χ2v) is 15.2. The summed E-state index contributed by atoms with van der Waals surface area (Å²) in [5.41, 5.74) is 3.61. The van der Waals surface area contributed by atoms with Gasteiger partial charge < -0.3 is 15.1 Å². The molecule has 2 saturated carbocycles. The highest BCUT2D eigenvalue weighted by Gasteiger charge is 2.57. The summed E-state index contributed by atoms with van der Waals surface area (Å²) >= 11 is 0. The van der Waals surface area contributed by atoms with Crippen LogP contribution in [-0.4, -0.2) is 69.2 Å². The summed E-state index contributed by atoms with van der Waals surface area (Å²) in [6.07, 6.45) is 1.01. The first-order valence-corrected chi connectivity index (χ1v) is 17.3. The fraction of sp³-hybridized carbons (Fsp3) is 0.758. The molecular formula is C33H48F5NO3S. The van der Waals surface area contributed by atoms with Gasteiger partial charge in [-0.1, -0.05) is 32.4 Å². The lowest BCUT2D eigenvalue weighted by Gasteiger charge is -2.52. The van der Waals surface area contributed by atoms with Gasteiger partial charge >= 0.3 is 12.1 Å². The molecule has 2 fully saturated rings. The number of halogens is 5. The van der Waals surface area contributed by atoms with Crippen LogP contribution in [0.3, 0.4) is 0 Å². The van der Waals surface area contributed by atoms with E-state index in [0.29, 0.717) is 48.1 Å². The Kier molecular flexibility index (Phi) is 11.1. The van der Waals surface area contributed by atoms with Gasteiger partial charge in [-0.15, -0.1) is 0 Å². The van der Waals surface area contributed by atoms with Crippen molar-refractivity contribution in [1.82, 2.24) is 4.90 Å². The number of alkyl halides is 5. The highest BCUT2D eigenvalue weighted by molar-refractivity contribution is 7.84. The second-order valence-electron chi connectivity index (χ2n) is 13.5. The van der Waals surface area contributed by atoms with E-state index in [1.807, 2.05) is 13.1 Å². The van der Waals surface area contributed by atoms with Gasteiger partial charge in [-0.25, -0.2) is 0 Å². The number of aromatic hydroxyl groups is 1. The molecule has 1 unspecified atom stereocenters. The van der Waals surface area contributed by atoms with Gasteiger partial charge in [0.2, 0.25) is 0 Å². The van der Waals surface area contributed by atoms with Crippen molar-refractivity contribution in [1.29, 1.82) is 0 Å².